The van der Waals surface area contributed by atoms with Crippen molar-refractivity contribution in [2.45, 2.75) is 51.4 Å². The van der Waals surface area contributed by atoms with Crippen LogP contribution in [-0.4, -0.2) is 37.8 Å². The Morgan fingerprint density at radius 3 is 2.36 bits per heavy atom. The van der Waals surface area contributed by atoms with Crippen molar-refractivity contribution < 1.29 is 24.5 Å². The van der Waals surface area contributed by atoms with Crippen molar-refractivity contribution in [1.82, 2.24) is 24.5 Å². The number of imidazole rings is 1. The Kier molecular flexibility index (Phi) is 9.88. The molecule has 0 N–H and O–H groups in total. The summed E-state index contributed by atoms with van der Waals surface area (Å²) in [6, 6.07) is 33.1. The van der Waals surface area contributed by atoms with Crippen LogP contribution in [0.25, 0.3) is 66.7 Å². The Hall–Kier alpha value is -4.17. The van der Waals surface area contributed by atoms with Crippen LogP contribution in [0.3, 0.4) is 0 Å². The van der Waals surface area contributed by atoms with Crippen molar-refractivity contribution in [2.75, 3.05) is 0 Å². The third-order valence-electron chi connectivity index (χ3n) is 8.78. The number of furan rings is 1. The molecule has 0 spiro atoms. The van der Waals surface area contributed by atoms with Crippen LogP contribution in [0.4, 0.5) is 0 Å². The van der Waals surface area contributed by atoms with Gasteiger partial charge in [-0.15, -0.1) is 18.2 Å². The van der Waals surface area contributed by atoms with Crippen LogP contribution >= 0.6 is 0 Å². The van der Waals surface area contributed by atoms with Gasteiger partial charge >= 0.3 is 132 Å². The molecule has 50 heavy (non-hydrogen) atoms. The third-order valence-corrected chi connectivity index (χ3v) is 13.1. The minimum atomic E-state index is -1.90. The molecule has 8 aromatic rings. The van der Waals surface area contributed by atoms with E-state index in [4.69, 9.17) is 14.4 Å². The zero-order valence-electron chi connectivity index (χ0n) is 29.8. The molecule has 0 unspecified atom stereocenters. The SMILES string of the molecule is CC(C)(C)Cc1cc(-c2[c-]cccc2)nc[c]1[Ge]([CH3])([CH3])[CH3].Cc1ccc2c(ccc3nc(-c4[c-]ccc5c4oc4ncccc45)n(C)c32)n1.[Ir]. The maximum absolute atomic E-state index is 6.08. The Morgan fingerprint density at radius 1 is 0.820 bits per heavy atom. The summed E-state index contributed by atoms with van der Waals surface area (Å²) in [5.74, 6) is 8.14. The summed E-state index contributed by atoms with van der Waals surface area (Å²) in [5, 5.41) is 3.10. The van der Waals surface area contributed by atoms with Crippen LogP contribution in [0.2, 0.25) is 17.3 Å². The van der Waals surface area contributed by atoms with Gasteiger partial charge in [0.2, 0.25) is 5.71 Å². The van der Waals surface area contributed by atoms with E-state index in [1.807, 2.05) is 74.6 Å². The molecule has 6 nitrogen and oxygen atoms in total. The fraction of sp³-hybridized carbons (Fsp3) is 0.238. The van der Waals surface area contributed by atoms with Gasteiger partial charge in [-0.1, -0.05) is 10.9 Å². The molecule has 3 aromatic carbocycles. The van der Waals surface area contributed by atoms with E-state index >= 15 is 0 Å². The van der Waals surface area contributed by atoms with Gasteiger partial charge in [-0.05, 0) is 43.3 Å². The molecule has 0 aliphatic rings. The van der Waals surface area contributed by atoms with E-state index < -0.39 is 13.3 Å². The summed E-state index contributed by atoms with van der Waals surface area (Å²) in [4.78, 5) is 18.6. The second-order valence-electron chi connectivity index (χ2n) is 15.0. The summed E-state index contributed by atoms with van der Waals surface area (Å²) >= 11 is -1.90. The number of hydrogen-bond acceptors (Lipinski definition) is 5. The average molecular weight is 897 g/mol. The topological polar surface area (TPSA) is 69.6 Å². The molecule has 0 atom stereocenters. The smallest absolute Gasteiger partial charge is 0.216 e. The van der Waals surface area contributed by atoms with Crippen LogP contribution in [-0.2, 0) is 33.6 Å². The van der Waals surface area contributed by atoms with Crippen molar-refractivity contribution in [3.63, 3.8) is 0 Å². The Labute approximate surface area is 310 Å². The zero-order chi connectivity index (χ0) is 34.5. The van der Waals surface area contributed by atoms with Crippen LogP contribution in [0.5, 0.6) is 0 Å². The minimum Gasteiger partial charge on any atom is -0.486 e. The second-order valence-corrected chi connectivity index (χ2v) is 25.6. The zero-order valence-corrected chi connectivity index (χ0v) is 34.3. The Morgan fingerprint density at radius 2 is 1.62 bits per heavy atom. The molecule has 5 heterocycles. The fourth-order valence-corrected chi connectivity index (χ4v) is 9.88. The van der Waals surface area contributed by atoms with Gasteiger partial charge in [0.15, 0.2) is 0 Å². The minimum absolute atomic E-state index is 0. The first-order valence-corrected chi connectivity index (χ1v) is 24.1. The molecule has 8 rings (SSSR count). The molecule has 5 aromatic heterocycles. The van der Waals surface area contributed by atoms with Crippen LogP contribution in [0.1, 0.15) is 32.0 Å². The number of hydrogen-bond donors (Lipinski definition) is 0. The number of rotatable bonds is 4. The molecule has 0 saturated carbocycles. The van der Waals surface area contributed by atoms with Gasteiger partial charge in [0.1, 0.15) is 0 Å². The molecule has 255 valence electrons. The van der Waals surface area contributed by atoms with Gasteiger partial charge in [-0.2, -0.15) is 0 Å². The van der Waals surface area contributed by atoms with E-state index in [2.05, 4.69) is 89.1 Å². The third kappa shape index (κ3) is 7.05. The van der Waals surface area contributed by atoms with Crippen molar-refractivity contribution in [1.29, 1.82) is 0 Å². The van der Waals surface area contributed by atoms with Crippen molar-refractivity contribution in [2.24, 2.45) is 12.5 Å². The van der Waals surface area contributed by atoms with E-state index in [0.717, 1.165) is 73.1 Å². The summed E-state index contributed by atoms with van der Waals surface area (Å²) in [7, 11) is 2.03. The van der Waals surface area contributed by atoms with E-state index in [0.29, 0.717) is 11.1 Å². The predicted octanol–water partition coefficient (Wildman–Crippen LogP) is 9.87. The molecular formula is C42H41GeIrN5O-2. The maximum atomic E-state index is 6.08. The first-order chi connectivity index (χ1) is 23.4. The monoisotopic (exact) mass is 898 g/mol. The molecule has 1 radical (unpaired) electrons. The van der Waals surface area contributed by atoms with E-state index in [-0.39, 0.29) is 20.1 Å². The predicted molar refractivity (Wildman–Crippen MR) is 205 cm³/mol. The van der Waals surface area contributed by atoms with Gasteiger partial charge in [-0.3, -0.25) is 9.97 Å². The van der Waals surface area contributed by atoms with Crippen LogP contribution in [0.15, 0.2) is 95.7 Å². The first kappa shape index (κ1) is 35.7. The van der Waals surface area contributed by atoms with E-state index in [1.54, 1.807) is 6.20 Å². The number of aryl methyl sites for hydroxylation is 2. The van der Waals surface area contributed by atoms with Gasteiger partial charge in [0.25, 0.3) is 0 Å². The first-order valence-electron chi connectivity index (χ1n) is 16.7. The maximum Gasteiger partial charge on any atom is 0.216 e. The quantitative estimate of drug-likeness (QED) is 0.130. The van der Waals surface area contributed by atoms with Crippen LogP contribution in [0, 0.1) is 24.5 Å². The second kappa shape index (κ2) is 13.9. The number of aromatic nitrogens is 5. The molecule has 8 heteroatoms. The molecule has 0 aliphatic carbocycles. The molecule has 0 fully saturated rings. The van der Waals surface area contributed by atoms with E-state index in [1.165, 1.54) is 9.96 Å². The largest absolute Gasteiger partial charge is 0.486 e. The summed E-state index contributed by atoms with van der Waals surface area (Å²) in [5.41, 5.74) is 10.1. The summed E-state index contributed by atoms with van der Waals surface area (Å²) in [6.45, 7) is 8.92. The Bertz CT molecular complexity index is 2470. The standard InChI is InChI=1S/C23H15N4O.C19H26GeN.Ir/c1-13-8-9-16-18(25-13)10-11-19-20(16)27(2)22(26-19)17-6-3-5-14-15-7-4-12-24-23(15)28-21(14)17;1-19(2,3)13-16-12-18(15-10-8-7-9-11-15)21-14-17(16)20(4,5)6;/h3-5,7-12H,1-2H3;7-10,12,14H,13H2,1-6H3;/q2*-1;. The van der Waals surface area contributed by atoms with E-state index in [9.17, 15) is 0 Å². The fourth-order valence-electron chi connectivity index (χ4n) is 6.57. The summed E-state index contributed by atoms with van der Waals surface area (Å²) in [6.07, 6.45) is 4.98. The average Bonchev–Trinajstić information content (AvgIpc) is 3.62. The van der Waals surface area contributed by atoms with Crippen LogP contribution < -0.4 is 4.40 Å². The van der Waals surface area contributed by atoms with Crippen molar-refractivity contribution in [3.8, 4) is 22.6 Å². The summed E-state index contributed by atoms with van der Waals surface area (Å²) < 4.78 is 9.71. The molecule has 0 aliphatic heterocycles. The van der Waals surface area contributed by atoms with Crippen molar-refractivity contribution >= 4 is 61.7 Å². The molecular weight excluding hydrogens is 855 g/mol. The molecule has 0 saturated heterocycles. The van der Waals surface area contributed by atoms with Gasteiger partial charge in [-0.25, -0.2) is 4.98 Å². The number of fused-ring (bicyclic) bond motifs is 6. The molecule has 0 bridgehead atoms. The number of pyridine rings is 3. The number of benzene rings is 3. The van der Waals surface area contributed by atoms with Gasteiger partial charge in [0, 0.05) is 49.8 Å². The van der Waals surface area contributed by atoms with Gasteiger partial charge in [0.05, 0.1) is 28.0 Å². The normalized spacial score (nSPS) is 11.9. The van der Waals surface area contributed by atoms with Gasteiger partial charge < -0.3 is 8.98 Å². The number of nitrogens with zero attached hydrogens (tertiary/aromatic N) is 5. The van der Waals surface area contributed by atoms with Crippen molar-refractivity contribution in [3.05, 3.63) is 115 Å². The Balaban J connectivity index is 0.000000177. The molecule has 0 amide bonds.